The number of anilines is 1. The van der Waals surface area contributed by atoms with Crippen molar-refractivity contribution in [2.75, 3.05) is 25.1 Å². The molecule has 0 aliphatic rings. The Labute approximate surface area is 106 Å². The molecule has 1 rings (SSSR count). The standard InChI is InChI=1S/C11H15ClN2OS/c1-2-15-6-5-14-10-4-3-8(11(13)16)7-9(10)12/h3-4,7,14H,2,5-6H2,1H3,(H2,13,16). The predicted octanol–water partition coefficient (Wildman–Crippen LogP) is 2.42. The first kappa shape index (κ1) is 13.2. The van der Waals surface area contributed by atoms with E-state index >= 15 is 0 Å². The van der Waals surface area contributed by atoms with Gasteiger partial charge in [0.2, 0.25) is 0 Å². The van der Waals surface area contributed by atoms with E-state index in [1.807, 2.05) is 19.1 Å². The fourth-order valence-electron chi connectivity index (χ4n) is 1.21. The first-order valence-corrected chi connectivity index (χ1v) is 5.84. The average molecular weight is 259 g/mol. The highest BCUT2D eigenvalue weighted by Crippen LogP contribution is 2.22. The summed E-state index contributed by atoms with van der Waals surface area (Å²) in [5, 5.41) is 3.79. The van der Waals surface area contributed by atoms with Gasteiger partial charge in [-0.25, -0.2) is 0 Å². The highest BCUT2D eigenvalue weighted by atomic mass is 35.5. The molecule has 3 N–H and O–H groups in total. The Bertz CT molecular complexity index is 371. The lowest BCUT2D eigenvalue weighted by Crippen LogP contribution is -2.11. The van der Waals surface area contributed by atoms with Gasteiger partial charge < -0.3 is 15.8 Å². The molecule has 0 bridgehead atoms. The molecule has 0 aliphatic carbocycles. The monoisotopic (exact) mass is 258 g/mol. The smallest absolute Gasteiger partial charge is 0.104 e. The van der Waals surface area contributed by atoms with Gasteiger partial charge in [0.15, 0.2) is 0 Å². The molecule has 0 amide bonds. The van der Waals surface area contributed by atoms with Crippen molar-refractivity contribution < 1.29 is 4.74 Å². The quantitative estimate of drug-likeness (QED) is 0.608. The van der Waals surface area contributed by atoms with Gasteiger partial charge >= 0.3 is 0 Å². The lowest BCUT2D eigenvalue weighted by molar-refractivity contribution is 0.158. The summed E-state index contributed by atoms with van der Waals surface area (Å²) in [6, 6.07) is 5.47. The van der Waals surface area contributed by atoms with E-state index in [-0.39, 0.29) is 0 Å². The molecular formula is C11H15ClN2OS. The summed E-state index contributed by atoms with van der Waals surface area (Å²) in [6.07, 6.45) is 0. The summed E-state index contributed by atoms with van der Waals surface area (Å²) in [6.45, 7) is 4.06. The minimum Gasteiger partial charge on any atom is -0.389 e. The number of hydrogen-bond donors (Lipinski definition) is 2. The molecule has 16 heavy (non-hydrogen) atoms. The minimum absolute atomic E-state index is 0.350. The van der Waals surface area contributed by atoms with E-state index in [4.69, 9.17) is 34.3 Å². The second-order valence-corrected chi connectivity index (χ2v) is 4.03. The summed E-state index contributed by atoms with van der Waals surface area (Å²) in [7, 11) is 0. The van der Waals surface area contributed by atoms with Crippen LogP contribution in [0, 0.1) is 0 Å². The van der Waals surface area contributed by atoms with Crippen LogP contribution in [0.25, 0.3) is 0 Å². The molecule has 0 radical (unpaired) electrons. The number of hydrogen-bond acceptors (Lipinski definition) is 3. The van der Waals surface area contributed by atoms with Gasteiger partial charge in [-0.1, -0.05) is 23.8 Å². The number of rotatable bonds is 6. The van der Waals surface area contributed by atoms with Gasteiger partial charge in [0.25, 0.3) is 0 Å². The number of ether oxygens (including phenoxy) is 1. The predicted molar refractivity (Wildman–Crippen MR) is 72.3 cm³/mol. The second kappa shape index (κ2) is 6.68. The lowest BCUT2D eigenvalue weighted by atomic mass is 10.2. The van der Waals surface area contributed by atoms with E-state index in [2.05, 4.69) is 5.32 Å². The molecule has 1 aromatic rings. The van der Waals surface area contributed by atoms with Crippen molar-refractivity contribution in [3.8, 4) is 0 Å². The number of halogens is 1. The van der Waals surface area contributed by atoms with Crippen molar-refractivity contribution in [2.45, 2.75) is 6.92 Å². The Balaban J connectivity index is 2.57. The summed E-state index contributed by atoms with van der Waals surface area (Å²) in [5.41, 5.74) is 7.14. The molecular weight excluding hydrogens is 244 g/mol. The summed E-state index contributed by atoms with van der Waals surface area (Å²) >= 11 is 10.9. The van der Waals surface area contributed by atoms with E-state index in [0.29, 0.717) is 16.6 Å². The lowest BCUT2D eigenvalue weighted by Gasteiger charge is -2.09. The van der Waals surface area contributed by atoms with E-state index in [9.17, 15) is 0 Å². The number of thiocarbonyl (C=S) groups is 1. The highest BCUT2D eigenvalue weighted by molar-refractivity contribution is 7.80. The Morgan fingerprint density at radius 2 is 2.31 bits per heavy atom. The molecule has 88 valence electrons. The summed E-state index contributed by atoms with van der Waals surface area (Å²) < 4.78 is 5.21. The Morgan fingerprint density at radius 3 is 2.88 bits per heavy atom. The van der Waals surface area contributed by atoms with Crippen LogP contribution in [0.1, 0.15) is 12.5 Å². The van der Waals surface area contributed by atoms with Gasteiger partial charge in [0.1, 0.15) is 4.99 Å². The third kappa shape index (κ3) is 3.96. The second-order valence-electron chi connectivity index (χ2n) is 3.18. The molecule has 0 unspecified atom stereocenters. The van der Waals surface area contributed by atoms with E-state index < -0.39 is 0 Å². The third-order valence-corrected chi connectivity index (χ3v) is 2.57. The maximum Gasteiger partial charge on any atom is 0.104 e. The average Bonchev–Trinajstić information content (AvgIpc) is 2.26. The number of benzene rings is 1. The number of nitrogens with two attached hydrogens (primary N) is 1. The van der Waals surface area contributed by atoms with Crippen LogP contribution in [-0.2, 0) is 4.74 Å². The Morgan fingerprint density at radius 1 is 1.56 bits per heavy atom. The van der Waals surface area contributed by atoms with E-state index in [0.717, 1.165) is 24.4 Å². The van der Waals surface area contributed by atoms with Crippen molar-refractivity contribution in [1.29, 1.82) is 0 Å². The maximum atomic E-state index is 6.07. The molecule has 3 nitrogen and oxygen atoms in total. The van der Waals surface area contributed by atoms with Crippen molar-refractivity contribution in [3.05, 3.63) is 28.8 Å². The van der Waals surface area contributed by atoms with Crippen LogP contribution in [0.4, 0.5) is 5.69 Å². The summed E-state index contributed by atoms with van der Waals surface area (Å²) in [5.74, 6) is 0. The van der Waals surface area contributed by atoms with E-state index in [1.165, 1.54) is 0 Å². The van der Waals surface area contributed by atoms with Gasteiger partial charge in [-0.15, -0.1) is 0 Å². The van der Waals surface area contributed by atoms with Crippen LogP contribution in [0.3, 0.4) is 0 Å². The Hall–Kier alpha value is -0.840. The SMILES string of the molecule is CCOCCNc1ccc(C(N)=S)cc1Cl. The highest BCUT2D eigenvalue weighted by Gasteiger charge is 2.02. The molecule has 0 spiro atoms. The minimum atomic E-state index is 0.350. The van der Waals surface area contributed by atoms with Crippen LogP contribution in [-0.4, -0.2) is 24.7 Å². The van der Waals surface area contributed by atoms with Crippen LogP contribution in [0.5, 0.6) is 0 Å². The normalized spacial score (nSPS) is 10.1. The van der Waals surface area contributed by atoms with Gasteiger partial charge in [-0.3, -0.25) is 0 Å². The molecule has 0 heterocycles. The zero-order valence-electron chi connectivity index (χ0n) is 9.13. The molecule has 0 saturated carbocycles. The van der Waals surface area contributed by atoms with Crippen LogP contribution in [0.15, 0.2) is 18.2 Å². The summed E-state index contributed by atoms with van der Waals surface area (Å²) in [4.78, 5) is 0.350. The Kier molecular flexibility index (Phi) is 5.52. The van der Waals surface area contributed by atoms with Gasteiger partial charge in [0, 0.05) is 18.7 Å². The maximum absolute atomic E-state index is 6.07. The first-order chi connectivity index (χ1) is 7.65. The molecule has 0 aromatic heterocycles. The van der Waals surface area contributed by atoms with Crippen molar-refractivity contribution >= 4 is 34.5 Å². The molecule has 0 saturated heterocycles. The first-order valence-electron chi connectivity index (χ1n) is 5.06. The van der Waals surface area contributed by atoms with E-state index in [1.54, 1.807) is 6.07 Å². The van der Waals surface area contributed by atoms with Gasteiger partial charge in [0.05, 0.1) is 17.3 Å². The van der Waals surface area contributed by atoms with Crippen molar-refractivity contribution in [3.63, 3.8) is 0 Å². The zero-order chi connectivity index (χ0) is 12.0. The largest absolute Gasteiger partial charge is 0.389 e. The fraction of sp³-hybridized carbons (Fsp3) is 0.364. The van der Waals surface area contributed by atoms with Crippen LogP contribution in [0.2, 0.25) is 5.02 Å². The molecule has 5 heteroatoms. The van der Waals surface area contributed by atoms with Gasteiger partial charge in [-0.2, -0.15) is 0 Å². The van der Waals surface area contributed by atoms with Crippen LogP contribution >= 0.6 is 23.8 Å². The fourth-order valence-corrected chi connectivity index (χ4v) is 1.59. The number of nitrogens with one attached hydrogen (secondary N) is 1. The topological polar surface area (TPSA) is 47.3 Å². The molecule has 0 aliphatic heterocycles. The van der Waals surface area contributed by atoms with Gasteiger partial charge in [-0.05, 0) is 25.1 Å². The molecule has 0 atom stereocenters. The molecule has 0 fully saturated rings. The zero-order valence-corrected chi connectivity index (χ0v) is 10.7. The van der Waals surface area contributed by atoms with Crippen molar-refractivity contribution in [1.82, 2.24) is 0 Å². The van der Waals surface area contributed by atoms with Crippen LogP contribution < -0.4 is 11.1 Å². The van der Waals surface area contributed by atoms with Crippen molar-refractivity contribution in [2.24, 2.45) is 5.73 Å². The molecule has 1 aromatic carbocycles. The third-order valence-electron chi connectivity index (χ3n) is 2.02.